The van der Waals surface area contributed by atoms with Crippen LogP contribution in [0.4, 0.5) is 15.9 Å². The van der Waals surface area contributed by atoms with Crippen LogP contribution in [0.1, 0.15) is 0 Å². The summed E-state index contributed by atoms with van der Waals surface area (Å²) < 4.78 is 15.1. The molecule has 5 rings (SSSR count). The molecule has 1 saturated heterocycles. The summed E-state index contributed by atoms with van der Waals surface area (Å²) in [6.07, 6.45) is 3.61. The zero-order valence-corrected chi connectivity index (χ0v) is 16.4. The number of hydrogen-bond donors (Lipinski definition) is 0. The summed E-state index contributed by atoms with van der Waals surface area (Å²) >= 11 is 6.14. The first-order valence-electron chi connectivity index (χ1n) is 9.53. The van der Waals surface area contributed by atoms with E-state index in [1.54, 1.807) is 18.3 Å². The fourth-order valence-corrected chi connectivity index (χ4v) is 3.95. The lowest BCUT2D eigenvalue weighted by molar-refractivity contribution is 0.628. The molecule has 146 valence electrons. The van der Waals surface area contributed by atoms with E-state index in [9.17, 15) is 4.39 Å². The molecule has 0 amide bonds. The molecule has 0 N–H and O–H groups in total. The van der Waals surface area contributed by atoms with Crippen LogP contribution in [0.25, 0.3) is 16.8 Å². The molecule has 1 fully saturated rings. The number of benzene rings is 2. The maximum Gasteiger partial charge on any atom is 0.154 e. The van der Waals surface area contributed by atoms with Gasteiger partial charge in [0.15, 0.2) is 5.82 Å². The lowest BCUT2D eigenvalue weighted by Crippen LogP contribution is -2.47. The molecule has 0 spiro atoms. The normalized spacial score (nSPS) is 14.6. The van der Waals surface area contributed by atoms with Gasteiger partial charge in [-0.2, -0.15) is 5.10 Å². The molecule has 0 atom stereocenters. The van der Waals surface area contributed by atoms with E-state index in [2.05, 4.69) is 25.9 Å². The van der Waals surface area contributed by atoms with Crippen molar-refractivity contribution >= 4 is 28.6 Å². The van der Waals surface area contributed by atoms with Crippen LogP contribution in [0.5, 0.6) is 0 Å². The van der Waals surface area contributed by atoms with Crippen molar-refractivity contribution in [2.45, 2.75) is 0 Å². The quantitative estimate of drug-likeness (QED) is 0.500. The number of hydrogen-bond acceptors (Lipinski definition) is 4. The number of anilines is 2. The number of piperazine rings is 1. The molecule has 2 aromatic carbocycles. The Bertz CT molecular complexity index is 1150. The van der Waals surface area contributed by atoms with E-state index in [1.807, 2.05) is 35.0 Å². The second-order valence-corrected chi connectivity index (χ2v) is 7.51. The first kappa shape index (κ1) is 17.9. The van der Waals surface area contributed by atoms with Crippen molar-refractivity contribution in [1.82, 2.24) is 14.6 Å². The monoisotopic (exact) mass is 407 g/mol. The Kier molecular flexibility index (Phi) is 4.56. The zero-order valence-electron chi connectivity index (χ0n) is 15.7. The third-order valence-electron chi connectivity index (χ3n) is 5.26. The highest BCUT2D eigenvalue weighted by molar-refractivity contribution is 6.30. The van der Waals surface area contributed by atoms with Gasteiger partial charge in [-0.15, -0.1) is 0 Å². The van der Waals surface area contributed by atoms with E-state index in [0.29, 0.717) is 0 Å². The van der Waals surface area contributed by atoms with E-state index in [-0.39, 0.29) is 5.82 Å². The molecule has 0 radical (unpaired) electrons. The standard InChI is InChI=1S/C22H19ClFN5/c23-17-2-1-3-19(14-17)27-10-12-28(13-11-27)22-21-15-20(26-29(21)9-8-25-22)16-4-6-18(24)7-5-16/h1-9,14-15H,10-13H2. The molecule has 5 nitrogen and oxygen atoms in total. The first-order valence-corrected chi connectivity index (χ1v) is 9.91. The van der Waals surface area contributed by atoms with Gasteiger partial charge in [0.05, 0.1) is 5.69 Å². The van der Waals surface area contributed by atoms with Crippen molar-refractivity contribution in [1.29, 1.82) is 0 Å². The average Bonchev–Trinajstić information content (AvgIpc) is 3.19. The highest BCUT2D eigenvalue weighted by Crippen LogP contribution is 2.27. The summed E-state index contributed by atoms with van der Waals surface area (Å²) in [5.41, 5.74) is 3.78. The van der Waals surface area contributed by atoms with Gasteiger partial charge in [0.2, 0.25) is 0 Å². The summed E-state index contributed by atoms with van der Waals surface area (Å²) in [7, 11) is 0. The number of fused-ring (bicyclic) bond motifs is 1. The topological polar surface area (TPSA) is 36.7 Å². The lowest BCUT2D eigenvalue weighted by atomic mass is 10.1. The largest absolute Gasteiger partial charge is 0.368 e. The molecule has 1 aliphatic heterocycles. The molecular formula is C22H19ClFN5. The third-order valence-corrected chi connectivity index (χ3v) is 5.50. The Hall–Kier alpha value is -3.12. The number of nitrogens with zero attached hydrogens (tertiary/aromatic N) is 5. The first-order chi connectivity index (χ1) is 14.2. The molecule has 3 heterocycles. The predicted molar refractivity (Wildman–Crippen MR) is 114 cm³/mol. The highest BCUT2D eigenvalue weighted by Gasteiger charge is 2.21. The Balaban J connectivity index is 1.40. The van der Waals surface area contributed by atoms with E-state index < -0.39 is 0 Å². The maximum absolute atomic E-state index is 13.2. The summed E-state index contributed by atoms with van der Waals surface area (Å²) in [4.78, 5) is 9.25. The van der Waals surface area contributed by atoms with Crippen LogP contribution in [-0.4, -0.2) is 40.8 Å². The van der Waals surface area contributed by atoms with Gasteiger partial charge in [-0.25, -0.2) is 13.9 Å². The van der Waals surface area contributed by atoms with Crippen LogP contribution >= 0.6 is 11.6 Å². The Labute approximate surface area is 173 Å². The lowest BCUT2D eigenvalue weighted by Gasteiger charge is -2.36. The summed E-state index contributed by atoms with van der Waals surface area (Å²) in [6, 6.07) is 16.4. The van der Waals surface area contributed by atoms with Gasteiger partial charge in [0.1, 0.15) is 11.3 Å². The van der Waals surface area contributed by atoms with Crippen molar-refractivity contribution in [3.05, 3.63) is 77.8 Å². The van der Waals surface area contributed by atoms with Gasteiger partial charge in [-0.05, 0) is 48.5 Å². The average molecular weight is 408 g/mol. The van der Waals surface area contributed by atoms with Crippen molar-refractivity contribution in [2.75, 3.05) is 36.0 Å². The van der Waals surface area contributed by atoms with E-state index in [1.165, 1.54) is 12.1 Å². The van der Waals surface area contributed by atoms with Crippen LogP contribution in [0.15, 0.2) is 67.0 Å². The molecule has 29 heavy (non-hydrogen) atoms. The summed E-state index contributed by atoms with van der Waals surface area (Å²) in [5.74, 6) is 0.663. The van der Waals surface area contributed by atoms with E-state index in [0.717, 1.165) is 59.5 Å². The minimum Gasteiger partial charge on any atom is -0.368 e. The van der Waals surface area contributed by atoms with Gasteiger partial charge in [0, 0.05) is 54.8 Å². The van der Waals surface area contributed by atoms with Crippen molar-refractivity contribution in [3.63, 3.8) is 0 Å². The molecule has 7 heteroatoms. The number of aromatic nitrogens is 3. The Morgan fingerprint density at radius 1 is 0.897 bits per heavy atom. The molecule has 0 saturated carbocycles. The number of rotatable bonds is 3. The molecule has 0 aliphatic carbocycles. The molecule has 0 unspecified atom stereocenters. The van der Waals surface area contributed by atoms with E-state index in [4.69, 9.17) is 11.6 Å². The zero-order chi connectivity index (χ0) is 19.8. The molecule has 1 aliphatic rings. The SMILES string of the molecule is Fc1ccc(-c2cc3c(N4CCN(c5cccc(Cl)c5)CC4)nccn3n2)cc1. The smallest absolute Gasteiger partial charge is 0.154 e. The molecule has 4 aromatic rings. The third kappa shape index (κ3) is 3.51. The summed E-state index contributed by atoms with van der Waals surface area (Å²) in [6.45, 7) is 3.50. The van der Waals surface area contributed by atoms with Crippen LogP contribution in [0, 0.1) is 5.82 Å². The fraction of sp³-hybridized carbons (Fsp3) is 0.182. The van der Waals surface area contributed by atoms with Crippen LogP contribution < -0.4 is 9.80 Å². The van der Waals surface area contributed by atoms with Crippen molar-refractivity contribution in [3.8, 4) is 11.3 Å². The molecular weight excluding hydrogens is 389 g/mol. The molecule has 2 aromatic heterocycles. The Morgan fingerprint density at radius 2 is 1.66 bits per heavy atom. The van der Waals surface area contributed by atoms with Gasteiger partial charge in [-0.3, -0.25) is 0 Å². The number of halogens is 2. The van der Waals surface area contributed by atoms with Crippen molar-refractivity contribution < 1.29 is 4.39 Å². The van der Waals surface area contributed by atoms with Crippen LogP contribution in [-0.2, 0) is 0 Å². The summed E-state index contributed by atoms with van der Waals surface area (Å²) in [5, 5.41) is 5.40. The minimum absolute atomic E-state index is 0.252. The van der Waals surface area contributed by atoms with Crippen LogP contribution in [0.2, 0.25) is 5.02 Å². The molecule has 0 bridgehead atoms. The highest BCUT2D eigenvalue weighted by atomic mass is 35.5. The van der Waals surface area contributed by atoms with Gasteiger partial charge in [-0.1, -0.05) is 17.7 Å². The predicted octanol–water partition coefficient (Wildman–Crippen LogP) is 4.52. The maximum atomic E-state index is 13.2. The minimum atomic E-state index is -0.252. The second kappa shape index (κ2) is 7.37. The fourth-order valence-electron chi connectivity index (χ4n) is 3.76. The van der Waals surface area contributed by atoms with Crippen LogP contribution in [0.3, 0.4) is 0 Å². The van der Waals surface area contributed by atoms with Gasteiger partial charge < -0.3 is 9.80 Å². The van der Waals surface area contributed by atoms with Crippen molar-refractivity contribution in [2.24, 2.45) is 0 Å². The van der Waals surface area contributed by atoms with Gasteiger partial charge >= 0.3 is 0 Å². The van der Waals surface area contributed by atoms with E-state index >= 15 is 0 Å². The Morgan fingerprint density at radius 3 is 2.41 bits per heavy atom. The second-order valence-electron chi connectivity index (χ2n) is 7.07. The van der Waals surface area contributed by atoms with Gasteiger partial charge in [0.25, 0.3) is 0 Å².